The number of carbonyl (C=O) groups excluding carboxylic acids is 3. The molecule has 3 amide bonds. The van der Waals surface area contributed by atoms with Crippen molar-refractivity contribution < 1.29 is 19.1 Å². The number of primary amides is 1. The van der Waals surface area contributed by atoms with Crippen LogP contribution >= 0.6 is 0 Å². The number of imide groups is 1. The van der Waals surface area contributed by atoms with E-state index in [4.69, 9.17) is 10.5 Å². The lowest BCUT2D eigenvalue weighted by Crippen LogP contribution is -2.44. The number of nitrogens with zero attached hydrogens (tertiary/aromatic N) is 1. The summed E-state index contributed by atoms with van der Waals surface area (Å²) in [6, 6.07) is -0.926. The second kappa shape index (κ2) is 8.28. The second-order valence-electron chi connectivity index (χ2n) is 3.18. The Morgan fingerprint density at radius 1 is 1.41 bits per heavy atom. The Hall–Kier alpha value is -1.89. The van der Waals surface area contributed by atoms with Crippen molar-refractivity contribution >= 4 is 17.9 Å². The molecule has 0 heterocycles. The standard InChI is InChI=1S/C10H17N3O4/c1-3-5-13(7-9(15)17-4-2)6-8(14)12-10(11)16/h3H,1,4-7H2,2H3,(H3,11,12,14,16). The molecule has 0 aliphatic carbocycles. The molecular weight excluding hydrogens is 226 g/mol. The summed E-state index contributed by atoms with van der Waals surface area (Å²) < 4.78 is 4.74. The van der Waals surface area contributed by atoms with Gasteiger partial charge in [0.1, 0.15) is 0 Å². The van der Waals surface area contributed by atoms with Gasteiger partial charge in [-0.05, 0) is 6.92 Å². The highest BCUT2D eigenvalue weighted by Gasteiger charge is 2.14. The fraction of sp³-hybridized carbons (Fsp3) is 0.500. The highest BCUT2D eigenvalue weighted by atomic mass is 16.5. The van der Waals surface area contributed by atoms with Crippen LogP contribution in [0.25, 0.3) is 0 Å². The van der Waals surface area contributed by atoms with Crippen LogP contribution in [-0.4, -0.2) is 49.0 Å². The fourth-order valence-corrected chi connectivity index (χ4v) is 1.14. The molecule has 0 saturated carbocycles. The highest BCUT2D eigenvalue weighted by Crippen LogP contribution is 1.91. The molecule has 0 unspecified atom stereocenters. The second-order valence-corrected chi connectivity index (χ2v) is 3.18. The molecule has 0 fully saturated rings. The quantitative estimate of drug-likeness (QED) is 0.451. The van der Waals surface area contributed by atoms with Crippen molar-refractivity contribution in [2.45, 2.75) is 6.92 Å². The number of amides is 3. The van der Waals surface area contributed by atoms with Crippen molar-refractivity contribution in [2.75, 3.05) is 26.2 Å². The zero-order valence-corrected chi connectivity index (χ0v) is 9.77. The van der Waals surface area contributed by atoms with Crippen LogP contribution in [0.2, 0.25) is 0 Å². The van der Waals surface area contributed by atoms with Crippen molar-refractivity contribution in [3.05, 3.63) is 12.7 Å². The number of hydrogen-bond donors (Lipinski definition) is 2. The van der Waals surface area contributed by atoms with Gasteiger partial charge >= 0.3 is 12.0 Å². The molecule has 96 valence electrons. The summed E-state index contributed by atoms with van der Waals surface area (Å²) in [5, 5.41) is 1.91. The first-order valence-electron chi connectivity index (χ1n) is 5.07. The van der Waals surface area contributed by atoms with Gasteiger partial charge in [-0.3, -0.25) is 19.8 Å². The minimum atomic E-state index is -0.926. The molecule has 0 aromatic heterocycles. The molecule has 7 nitrogen and oxygen atoms in total. The number of urea groups is 1. The molecule has 0 spiro atoms. The van der Waals surface area contributed by atoms with Crippen LogP contribution in [0.3, 0.4) is 0 Å². The Morgan fingerprint density at radius 2 is 2.06 bits per heavy atom. The van der Waals surface area contributed by atoms with Crippen molar-refractivity contribution in [3.8, 4) is 0 Å². The van der Waals surface area contributed by atoms with E-state index >= 15 is 0 Å². The third-order valence-corrected chi connectivity index (χ3v) is 1.68. The van der Waals surface area contributed by atoms with Gasteiger partial charge in [-0.1, -0.05) is 6.08 Å². The third-order valence-electron chi connectivity index (χ3n) is 1.68. The molecule has 0 radical (unpaired) electrons. The minimum Gasteiger partial charge on any atom is -0.465 e. The van der Waals surface area contributed by atoms with Gasteiger partial charge in [0.25, 0.3) is 0 Å². The van der Waals surface area contributed by atoms with Crippen LogP contribution in [0, 0.1) is 0 Å². The average Bonchev–Trinajstić information content (AvgIpc) is 2.16. The minimum absolute atomic E-state index is 0.0496. The van der Waals surface area contributed by atoms with Gasteiger partial charge in [-0.2, -0.15) is 0 Å². The first-order chi connectivity index (χ1) is 7.99. The summed E-state index contributed by atoms with van der Waals surface area (Å²) >= 11 is 0. The smallest absolute Gasteiger partial charge is 0.320 e. The van der Waals surface area contributed by atoms with E-state index in [1.54, 1.807) is 6.92 Å². The van der Waals surface area contributed by atoms with E-state index in [0.29, 0.717) is 6.54 Å². The lowest BCUT2D eigenvalue weighted by atomic mass is 10.4. The summed E-state index contributed by atoms with van der Waals surface area (Å²) in [4.78, 5) is 34.4. The van der Waals surface area contributed by atoms with Crippen molar-refractivity contribution in [2.24, 2.45) is 5.73 Å². The Labute approximate surface area is 99.6 Å². The molecule has 3 N–H and O–H groups in total. The number of rotatable bonds is 7. The maximum atomic E-state index is 11.2. The van der Waals surface area contributed by atoms with Gasteiger partial charge in [0.05, 0.1) is 19.7 Å². The first kappa shape index (κ1) is 15.1. The summed E-state index contributed by atoms with van der Waals surface area (Å²) in [6.45, 7) is 5.61. The molecule has 0 aliphatic heterocycles. The van der Waals surface area contributed by atoms with Crippen LogP contribution in [0.5, 0.6) is 0 Å². The lowest BCUT2D eigenvalue weighted by molar-refractivity contribution is -0.144. The number of nitrogens with two attached hydrogens (primary N) is 1. The predicted molar refractivity (Wildman–Crippen MR) is 61.0 cm³/mol. The molecule has 0 rings (SSSR count). The normalized spacial score (nSPS) is 9.76. The maximum Gasteiger partial charge on any atom is 0.320 e. The van der Waals surface area contributed by atoms with Crippen LogP contribution < -0.4 is 11.1 Å². The van der Waals surface area contributed by atoms with Gasteiger partial charge in [-0.15, -0.1) is 6.58 Å². The molecule has 0 saturated heterocycles. The third kappa shape index (κ3) is 7.97. The van der Waals surface area contributed by atoms with Crippen LogP contribution in [0.1, 0.15) is 6.92 Å². The monoisotopic (exact) mass is 243 g/mol. The Morgan fingerprint density at radius 3 is 2.53 bits per heavy atom. The maximum absolute atomic E-state index is 11.2. The number of esters is 1. The zero-order chi connectivity index (χ0) is 13.3. The van der Waals surface area contributed by atoms with Gasteiger partial charge in [0.2, 0.25) is 5.91 Å². The van der Waals surface area contributed by atoms with Crippen LogP contribution in [0.4, 0.5) is 4.79 Å². The van der Waals surface area contributed by atoms with Crippen molar-refractivity contribution in [1.29, 1.82) is 0 Å². The van der Waals surface area contributed by atoms with Gasteiger partial charge in [0, 0.05) is 6.54 Å². The van der Waals surface area contributed by atoms with E-state index in [9.17, 15) is 14.4 Å². The van der Waals surface area contributed by atoms with Crippen molar-refractivity contribution in [1.82, 2.24) is 10.2 Å². The molecule has 0 bridgehead atoms. The number of nitrogens with one attached hydrogen (secondary N) is 1. The number of carbonyl (C=O) groups is 3. The molecule has 7 heteroatoms. The Kier molecular flexibility index (Phi) is 7.36. The van der Waals surface area contributed by atoms with E-state index < -0.39 is 17.9 Å². The predicted octanol–water partition coefficient (Wildman–Crippen LogP) is -0.768. The molecule has 17 heavy (non-hydrogen) atoms. The SMILES string of the molecule is C=CCN(CC(=O)NC(N)=O)CC(=O)OCC. The Balaban J connectivity index is 4.22. The number of ether oxygens (including phenoxy) is 1. The lowest BCUT2D eigenvalue weighted by Gasteiger charge is -2.18. The van der Waals surface area contributed by atoms with Gasteiger partial charge in [0.15, 0.2) is 0 Å². The van der Waals surface area contributed by atoms with Gasteiger partial charge in [-0.25, -0.2) is 4.79 Å². The van der Waals surface area contributed by atoms with E-state index in [0.717, 1.165) is 0 Å². The van der Waals surface area contributed by atoms with E-state index in [1.807, 2.05) is 5.32 Å². The summed E-state index contributed by atoms with van der Waals surface area (Å²) in [5.41, 5.74) is 4.79. The van der Waals surface area contributed by atoms with E-state index in [2.05, 4.69) is 6.58 Å². The van der Waals surface area contributed by atoms with E-state index in [-0.39, 0.29) is 19.7 Å². The topological polar surface area (TPSA) is 102 Å². The molecule has 0 aromatic carbocycles. The Bertz CT molecular complexity index is 304. The van der Waals surface area contributed by atoms with Crippen molar-refractivity contribution in [3.63, 3.8) is 0 Å². The number of hydrogen-bond acceptors (Lipinski definition) is 5. The van der Waals surface area contributed by atoms with Gasteiger partial charge < -0.3 is 10.5 Å². The molecular formula is C10H17N3O4. The zero-order valence-electron chi connectivity index (χ0n) is 9.77. The van der Waals surface area contributed by atoms with Crippen LogP contribution in [0.15, 0.2) is 12.7 Å². The molecule has 0 atom stereocenters. The fourth-order valence-electron chi connectivity index (χ4n) is 1.14. The molecule has 0 aromatic rings. The first-order valence-corrected chi connectivity index (χ1v) is 5.07. The van der Waals surface area contributed by atoms with Crippen LogP contribution in [-0.2, 0) is 14.3 Å². The summed E-state index contributed by atoms with van der Waals surface area (Å²) in [6.07, 6.45) is 1.54. The average molecular weight is 243 g/mol. The summed E-state index contributed by atoms with van der Waals surface area (Å²) in [7, 11) is 0. The molecule has 0 aliphatic rings. The van der Waals surface area contributed by atoms with E-state index in [1.165, 1.54) is 11.0 Å². The largest absolute Gasteiger partial charge is 0.465 e. The summed E-state index contributed by atoms with van der Waals surface area (Å²) in [5.74, 6) is -1.02. The highest BCUT2D eigenvalue weighted by molar-refractivity contribution is 5.94.